The van der Waals surface area contributed by atoms with Gasteiger partial charge in [0.1, 0.15) is 0 Å². The van der Waals surface area contributed by atoms with Crippen molar-refractivity contribution in [1.29, 1.82) is 0 Å². The highest BCUT2D eigenvalue weighted by Crippen LogP contribution is 2.15. The maximum atomic E-state index is 12.2. The number of aryl methyl sites for hydroxylation is 1. The molecule has 0 saturated carbocycles. The standard InChI is InChI=1S/C17H22N2O4S/c1-3-16(20)18-15-7-4-14(5-8-15)6-9-17(21)19-10-11-24(22,23)13(2)12-19/h3-5,7-8,13H,1,6,9-12H2,2H3,(H,18,20)/t13-/m1/s1. The van der Waals surface area contributed by atoms with Gasteiger partial charge in [-0.1, -0.05) is 18.7 Å². The number of nitrogens with one attached hydrogen (secondary N) is 1. The third-order valence-corrected chi connectivity index (χ3v) is 6.25. The molecule has 1 atom stereocenters. The molecule has 2 amide bonds. The molecule has 0 radical (unpaired) electrons. The molecule has 1 fully saturated rings. The second-order valence-corrected chi connectivity index (χ2v) is 8.45. The van der Waals surface area contributed by atoms with Gasteiger partial charge in [0.2, 0.25) is 11.8 Å². The molecular weight excluding hydrogens is 328 g/mol. The number of anilines is 1. The predicted octanol–water partition coefficient (Wildman–Crippen LogP) is 1.39. The lowest BCUT2D eigenvalue weighted by molar-refractivity contribution is -0.131. The number of benzene rings is 1. The smallest absolute Gasteiger partial charge is 0.247 e. The monoisotopic (exact) mass is 350 g/mol. The van der Waals surface area contributed by atoms with E-state index >= 15 is 0 Å². The average molecular weight is 350 g/mol. The molecule has 0 aliphatic carbocycles. The summed E-state index contributed by atoms with van der Waals surface area (Å²) in [5, 5.41) is 2.16. The number of carbonyl (C=O) groups is 2. The van der Waals surface area contributed by atoms with E-state index in [0.717, 1.165) is 5.56 Å². The van der Waals surface area contributed by atoms with Crippen LogP contribution in [0.5, 0.6) is 0 Å². The van der Waals surface area contributed by atoms with Crippen molar-refractivity contribution in [3.8, 4) is 0 Å². The number of sulfone groups is 1. The predicted molar refractivity (Wildman–Crippen MR) is 93.4 cm³/mol. The highest BCUT2D eigenvalue weighted by molar-refractivity contribution is 7.92. The van der Waals surface area contributed by atoms with E-state index in [-0.39, 0.29) is 30.7 Å². The largest absolute Gasteiger partial charge is 0.340 e. The van der Waals surface area contributed by atoms with Crippen LogP contribution < -0.4 is 5.32 Å². The van der Waals surface area contributed by atoms with Crippen molar-refractivity contribution in [3.05, 3.63) is 42.5 Å². The van der Waals surface area contributed by atoms with Gasteiger partial charge in [-0.25, -0.2) is 8.42 Å². The molecule has 1 saturated heterocycles. The summed E-state index contributed by atoms with van der Waals surface area (Å²) < 4.78 is 23.4. The number of amides is 2. The van der Waals surface area contributed by atoms with E-state index in [1.54, 1.807) is 24.0 Å². The lowest BCUT2D eigenvalue weighted by Gasteiger charge is -2.31. The molecule has 2 rings (SSSR count). The Morgan fingerprint density at radius 3 is 2.58 bits per heavy atom. The second-order valence-electron chi connectivity index (χ2n) is 5.91. The maximum absolute atomic E-state index is 12.2. The van der Waals surface area contributed by atoms with Crippen LogP contribution in [0.1, 0.15) is 18.9 Å². The number of rotatable bonds is 5. The fourth-order valence-electron chi connectivity index (χ4n) is 2.54. The maximum Gasteiger partial charge on any atom is 0.247 e. The molecule has 1 aromatic carbocycles. The molecule has 1 aromatic rings. The first kappa shape index (κ1) is 18.2. The van der Waals surface area contributed by atoms with Crippen molar-refractivity contribution in [2.45, 2.75) is 25.0 Å². The van der Waals surface area contributed by atoms with Gasteiger partial charge in [-0.05, 0) is 37.1 Å². The molecule has 0 bridgehead atoms. The topological polar surface area (TPSA) is 83.6 Å². The van der Waals surface area contributed by atoms with Crippen molar-refractivity contribution in [2.75, 3.05) is 24.2 Å². The van der Waals surface area contributed by atoms with Crippen LogP contribution in [-0.4, -0.2) is 49.2 Å². The minimum Gasteiger partial charge on any atom is -0.340 e. The van der Waals surface area contributed by atoms with Crippen LogP contribution in [0.3, 0.4) is 0 Å². The first-order chi connectivity index (χ1) is 11.3. The molecule has 7 heteroatoms. The first-order valence-corrected chi connectivity index (χ1v) is 9.55. The van der Waals surface area contributed by atoms with E-state index in [0.29, 0.717) is 18.5 Å². The zero-order valence-corrected chi connectivity index (χ0v) is 14.5. The van der Waals surface area contributed by atoms with Gasteiger partial charge in [-0.15, -0.1) is 0 Å². The summed E-state index contributed by atoms with van der Waals surface area (Å²) in [6.45, 7) is 5.58. The van der Waals surface area contributed by atoms with Crippen LogP contribution in [0.2, 0.25) is 0 Å². The van der Waals surface area contributed by atoms with Gasteiger partial charge in [0, 0.05) is 25.2 Å². The molecule has 1 aliphatic rings. The van der Waals surface area contributed by atoms with Crippen LogP contribution in [0.4, 0.5) is 5.69 Å². The summed E-state index contributed by atoms with van der Waals surface area (Å²) >= 11 is 0. The van der Waals surface area contributed by atoms with Crippen LogP contribution in [0.25, 0.3) is 0 Å². The van der Waals surface area contributed by atoms with Crippen molar-refractivity contribution in [1.82, 2.24) is 4.90 Å². The molecule has 130 valence electrons. The van der Waals surface area contributed by atoms with Gasteiger partial charge >= 0.3 is 0 Å². The Balaban J connectivity index is 1.86. The molecule has 0 spiro atoms. The summed E-state index contributed by atoms with van der Waals surface area (Å²) in [6.07, 6.45) is 2.11. The highest BCUT2D eigenvalue weighted by atomic mass is 32.2. The van der Waals surface area contributed by atoms with Gasteiger partial charge in [0.05, 0.1) is 11.0 Å². The van der Waals surface area contributed by atoms with Crippen LogP contribution >= 0.6 is 0 Å². The molecule has 6 nitrogen and oxygen atoms in total. The van der Waals surface area contributed by atoms with Crippen molar-refractivity contribution in [3.63, 3.8) is 0 Å². The van der Waals surface area contributed by atoms with Crippen molar-refractivity contribution < 1.29 is 18.0 Å². The van der Waals surface area contributed by atoms with E-state index in [2.05, 4.69) is 11.9 Å². The normalized spacial score (nSPS) is 19.5. The zero-order valence-electron chi connectivity index (χ0n) is 13.7. The summed E-state index contributed by atoms with van der Waals surface area (Å²) in [6, 6.07) is 7.26. The second kappa shape index (κ2) is 7.61. The fourth-order valence-corrected chi connectivity index (χ4v) is 3.82. The van der Waals surface area contributed by atoms with E-state index in [4.69, 9.17) is 0 Å². The molecule has 0 unspecified atom stereocenters. The quantitative estimate of drug-likeness (QED) is 0.814. The summed E-state index contributed by atoms with van der Waals surface area (Å²) in [4.78, 5) is 25.1. The van der Waals surface area contributed by atoms with E-state index in [1.165, 1.54) is 6.08 Å². The summed E-state index contributed by atoms with van der Waals surface area (Å²) in [7, 11) is -3.05. The zero-order chi connectivity index (χ0) is 17.7. The summed E-state index contributed by atoms with van der Waals surface area (Å²) in [5.41, 5.74) is 1.66. The summed E-state index contributed by atoms with van der Waals surface area (Å²) in [5.74, 6) is -0.259. The third kappa shape index (κ3) is 4.67. The minimum absolute atomic E-state index is 0.0270. The molecule has 1 N–H and O–H groups in total. The van der Waals surface area contributed by atoms with E-state index < -0.39 is 15.1 Å². The molecule has 0 aromatic heterocycles. The first-order valence-electron chi connectivity index (χ1n) is 7.83. The van der Waals surface area contributed by atoms with Crippen molar-refractivity contribution in [2.24, 2.45) is 0 Å². The molecular formula is C17H22N2O4S. The Hall–Kier alpha value is -2.15. The number of carbonyl (C=O) groups excluding carboxylic acids is 2. The Kier molecular flexibility index (Phi) is 5.77. The minimum atomic E-state index is -3.05. The highest BCUT2D eigenvalue weighted by Gasteiger charge is 2.31. The Labute approximate surface area is 142 Å². The Bertz CT molecular complexity index is 725. The number of hydrogen-bond donors (Lipinski definition) is 1. The molecule has 1 heterocycles. The SMILES string of the molecule is C=CC(=O)Nc1ccc(CCC(=O)N2CCS(=O)(=O)[C@H](C)C2)cc1. The Morgan fingerprint density at radius 2 is 2.00 bits per heavy atom. The third-order valence-electron chi connectivity index (χ3n) is 4.12. The molecule has 1 aliphatic heterocycles. The lowest BCUT2D eigenvalue weighted by atomic mass is 10.1. The Morgan fingerprint density at radius 1 is 1.33 bits per heavy atom. The van der Waals surface area contributed by atoms with E-state index in [1.807, 2.05) is 12.1 Å². The van der Waals surface area contributed by atoms with Crippen LogP contribution in [-0.2, 0) is 25.8 Å². The van der Waals surface area contributed by atoms with Crippen LogP contribution in [0.15, 0.2) is 36.9 Å². The van der Waals surface area contributed by atoms with Gasteiger partial charge in [0.15, 0.2) is 9.84 Å². The average Bonchev–Trinajstić information content (AvgIpc) is 2.56. The van der Waals surface area contributed by atoms with E-state index in [9.17, 15) is 18.0 Å². The number of hydrogen-bond acceptors (Lipinski definition) is 4. The van der Waals surface area contributed by atoms with Gasteiger partial charge < -0.3 is 10.2 Å². The van der Waals surface area contributed by atoms with Crippen molar-refractivity contribution >= 4 is 27.3 Å². The van der Waals surface area contributed by atoms with Gasteiger partial charge in [-0.3, -0.25) is 9.59 Å². The number of nitrogens with zero attached hydrogens (tertiary/aromatic N) is 1. The molecule has 24 heavy (non-hydrogen) atoms. The van der Waals surface area contributed by atoms with Crippen LogP contribution in [0, 0.1) is 0 Å². The van der Waals surface area contributed by atoms with Gasteiger partial charge in [-0.2, -0.15) is 0 Å². The van der Waals surface area contributed by atoms with Gasteiger partial charge in [0.25, 0.3) is 0 Å². The fraction of sp³-hybridized carbons (Fsp3) is 0.412. The lowest BCUT2D eigenvalue weighted by Crippen LogP contribution is -2.48.